The van der Waals surface area contributed by atoms with Gasteiger partial charge in [0.25, 0.3) is 0 Å². The Labute approximate surface area is 111 Å². The zero-order chi connectivity index (χ0) is 12.8. The van der Waals surface area contributed by atoms with Gasteiger partial charge >= 0.3 is 6.03 Å². The van der Waals surface area contributed by atoms with Crippen LogP contribution in [0.1, 0.15) is 19.8 Å². The average molecular weight is 269 g/mol. The van der Waals surface area contributed by atoms with E-state index in [1.807, 2.05) is 0 Å². The Bertz CT molecular complexity index is 364. The number of amides is 2. The Hall–Kier alpha value is -1.21. The minimum Gasteiger partial charge on any atom is -0.337 e. The summed E-state index contributed by atoms with van der Waals surface area (Å²) in [4.78, 5) is 14.0. The molecule has 1 saturated heterocycles. The number of rotatable bonds is 5. The fourth-order valence-corrected chi connectivity index (χ4v) is 2.55. The average Bonchev–Trinajstić information content (AvgIpc) is 2.99. The highest BCUT2D eigenvalue weighted by Gasteiger charge is 2.15. The van der Waals surface area contributed by atoms with Crippen molar-refractivity contribution in [3.63, 3.8) is 0 Å². The molecule has 0 spiro atoms. The van der Waals surface area contributed by atoms with Crippen molar-refractivity contribution in [1.29, 1.82) is 0 Å². The Balaban J connectivity index is 1.62. The zero-order valence-corrected chi connectivity index (χ0v) is 11.4. The highest BCUT2D eigenvalue weighted by atomic mass is 32.1. The van der Waals surface area contributed by atoms with Gasteiger partial charge in [-0.2, -0.15) is 0 Å². The van der Waals surface area contributed by atoms with Crippen molar-refractivity contribution < 1.29 is 4.79 Å². The third kappa shape index (κ3) is 4.23. The highest BCUT2D eigenvalue weighted by molar-refractivity contribution is 7.13. The Morgan fingerprint density at radius 3 is 3.00 bits per heavy atom. The Morgan fingerprint density at radius 1 is 1.56 bits per heavy atom. The molecule has 1 aliphatic rings. The lowest BCUT2D eigenvalue weighted by Crippen LogP contribution is -2.36. The molecule has 0 aliphatic carbocycles. The SMILES string of the molecule is C[C@@H](CNC(=O)Nc1nncs1)CN1CCCC1. The van der Waals surface area contributed by atoms with Gasteiger partial charge in [0.1, 0.15) is 5.51 Å². The minimum absolute atomic E-state index is 0.208. The van der Waals surface area contributed by atoms with Crippen LogP contribution in [0.5, 0.6) is 0 Å². The quantitative estimate of drug-likeness (QED) is 0.847. The largest absolute Gasteiger partial charge is 0.337 e. The van der Waals surface area contributed by atoms with E-state index in [1.54, 1.807) is 5.51 Å². The van der Waals surface area contributed by atoms with Gasteiger partial charge in [-0.1, -0.05) is 18.3 Å². The molecule has 18 heavy (non-hydrogen) atoms. The fourth-order valence-electron chi connectivity index (χ4n) is 2.11. The van der Waals surface area contributed by atoms with Gasteiger partial charge in [-0.05, 0) is 31.8 Å². The first-order valence-electron chi connectivity index (χ1n) is 6.27. The molecule has 1 fully saturated rings. The highest BCUT2D eigenvalue weighted by Crippen LogP contribution is 2.10. The summed E-state index contributed by atoms with van der Waals surface area (Å²) >= 11 is 1.31. The Morgan fingerprint density at radius 2 is 2.33 bits per heavy atom. The maximum atomic E-state index is 11.6. The first-order valence-corrected chi connectivity index (χ1v) is 7.15. The number of carbonyl (C=O) groups excluding carboxylic acids is 1. The molecule has 1 aromatic rings. The van der Waals surface area contributed by atoms with Crippen molar-refractivity contribution in [1.82, 2.24) is 20.4 Å². The molecule has 2 N–H and O–H groups in total. The van der Waals surface area contributed by atoms with Crippen molar-refractivity contribution in [2.24, 2.45) is 5.92 Å². The van der Waals surface area contributed by atoms with Crippen LogP contribution in [0.2, 0.25) is 0 Å². The van der Waals surface area contributed by atoms with Gasteiger partial charge in [-0.3, -0.25) is 5.32 Å². The van der Waals surface area contributed by atoms with Crippen molar-refractivity contribution in [2.45, 2.75) is 19.8 Å². The maximum absolute atomic E-state index is 11.6. The number of anilines is 1. The van der Waals surface area contributed by atoms with E-state index in [-0.39, 0.29) is 6.03 Å². The summed E-state index contributed by atoms with van der Waals surface area (Å²) in [7, 11) is 0. The second kappa shape index (κ2) is 6.65. The summed E-state index contributed by atoms with van der Waals surface area (Å²) < 4.78 is 0. The van der Waals surface area contributed by atoms with Gasteiger partial charge in [-0.25, -0.2) is 4.79 Å². The van der Waals surface area contributed by atoms with Crippen LogP contribution in [0.4, 0.5) is 9.93 Å². The number of carbonyl (C=O) groups is 1. The van der Waals surface area contributed by atoms with Gasteiger partial charge in [0.05, 0.1) is 0 Å². The third-order valence-corrected chi connectivity index (χ3v) is 3.57. The summed E-state index contributed by atoms with van der Waals surface area (Å²) in [5.74, 6) is 0.461. The number of nitrogens with one attached hydrogen (secondary N) is 2. The van der Waals surface area contributed by atoms with E-state index in [1.165, 1.54) is 37.3 Å². The van der Waals surface area contributed by atoms with Crippen molar-refractivity contribution in [3.8, 4) is 0 Å². The second-order valence-corrected chi connectivity index (χ2v) is 5.53. The molecule has 2 heterocycles. The standard InChI is InChI=1S/C11H19N5OS/c1-9(7-16-4-2-3-5-16)6-12-10(17)14-11-15-13-8-18-11/h8-9H,2-7H2,1H3,(H2,12,14,15,17)/t9-/m0/s1. The van der Waals surface area contributed by atoms with E-state index in [9.17, 15) is 4.79 Å². The molecule has 1 aromatic heterocycles. The van der Waals surface area contributed by atoms with Crippen molar-refractivity contribution >= 4 is 22.5 Å². The normalized spacial score (nSPS) is 17.6. The second-order valence-electron chi connectivity index (χ2n) is 4.69. The summed E-state index contributed by atoms with van der Waals surface area (Å²) in [6.45, 7) is 6.28. The lowest BCUT2D eigenvalue weighted by molar-refractivity contribution is 0.245. The molecule has 0 bridgehead atoms. The zero-order valence-electron chi connectivity index (χ0n) is 10.6. The van der Waals surface area contributed by atoms with Gasteiger partial charge in [0, 0.05) is 13.1 Å². The van der Waals surface area contributed by atoms with Gasteiger partial charge in [0.15, 0.2) is 0 Å². The van der Waals surface area contributed by atoms with Gasteiger partial charge in [-0.15, -0.1) is 10.2 Å². The molecule has 2 amide bonds. The van der Waals surface area contributed by atoms with Crippen LogP contribution in [-0.4, -0.2) is 47.3 Å². The van der Waals surface area contributed by atoms with Crippen molar-refractivity contribution in [3.05, 3.63) is 5.51 Å². The molecule has 0 radical (unpaired) electrons. The van der Waals surface area contributed by atoms with Gasteiger partial charge in [0.2, 0.25) is 5.13 Å². The molecule has 6 nitrogen and oxygen atoms in total. The van der Waals surface area contributed by atoms with Crippen molar-refractivity contribution in [2.75, 3.05) is 31.5 Å². The lowest BCUT2D eigenvalue weighted by atomic mass is 10.1. The van der Waals surface area contributed by atoms with Crippen LogP contribution in [0.25, 0.3) is 0 Å². The molecule has 1 atom stereocenters. The van der Waals surface area contributed by atoms with E-state index in [4.69, 9.17) is 0 Å². The number of urea groups is 1. The van der Waals surface area contributed by atoms with Crippen LogP contribution in [0.3, 0.4) is 0 Å². The maximum Gasteiger partial charge on any atom is 0.321 e. The number of hydrogen-bond donors (Lipinski definition) is 2. The van der Waals surface area contributed by atoms with Crippen LogP contribution < -0.4 is 10.6 Å². The number of hydrogen-bond acceptors (Lipinski definition) is 5. The monoisotopic (exact) mass is 269 g/mol. The van der Waals surface area contributed by atoms with E-state index in [2.05, 4.69) is 32.7 Å². The predicted molar refractivity (Wildman–Crippen MR) is 71.8 cm³/mol. The fraction of sp³-hybridized carbons (Fsp3) is 0.727. The number of aromatic nitrogens is 2. The van der Waals surface area contributed by atoms with Crippen LogP contribution in [0.15, 0.2) is 5.51 Å². The molecule has 7 heteroatoms. The molecule has 2 rings (SSSR count). The summed E-state index contributed by atoms with van der Waals surface area (Å²) in [5, 5.41) is 13.4. The Kier molecular flexibility index (Phi) is 4.89. The predicted octanol–water partition coefficient (Wildman–Crippen LogP) is 1.39. The van der Waals surface area contributed by atoms with E-state index in [0.717, 1.165) is 6.54 Å². The first-order chi connectivity index (χ1) is 8.74. The summed E-state index contributed by atoms with van der Waals surface area (Å²) in [6.07, 6.45) is 2.61. The molecular formula is C11H19N5OS. The van der Waals surface area contributed by atoms with E-state index >= 15 is 0 Å². The lowest BCUT2D eigenvalue weighted by Gasteiger charge is -2.20. The summed E-state index contributed by atoms with van der Waals surface area (Å²) in [6, 6.07) is -0.208. The first kappa shape index (κ1) is 13.2. The van der Waals surface area contributed by atoms with Crippen LogP contribution in [-0.2, 0) is 0 Å². The molecule has 0 aromatic carbocycles. The molecule has 0 unspecified atom stereocenters. The van der Waals surface area contributed by atoms with E-state index in [0.29, 0.717) is 17.6 Å². The summed E-state index contributed by atoms with van der Waals surface area (Å²) in [5.41, 5.74) is 1.59. The van der Waals surface area contributed by atoms with Gasteiger partial charge < -0.3 is 10.2 Å². The number of likely N-dealkylation sites (tertiary alicyclic amines) is 1. The van der Waals surface area contributed by atoms with E-state index < -0.39 is 0 Å². The number of nitrogens with zero attached hydrogens (tertiary/aromatic N) is 3. The third-order valence-electron chi connectivity index (χ3n) is 2.96. The minimum atomic E-state index is -0.208. The molecule has 100 valence electrons. The molecule has 1 aliphatic heterocycles. The topological polar surface area (TPSA) is 70.1 Å². The van der Waals surface area contributed by atoms with Crippen LogP contribution >= 0.6 is 11.3 Å². The molecule has 0 saturated carbocycles. The smallest absolute Gasteiger partial charge is 0.321 e. The molecular weight excluding hydrogens is 250 g/mol. The van der Waals surface area contributed by atoms with Crippen LogP contribution in [0, 0.1) is 5.92 Å².